The fourth-order valence-corrected chi connectivity index (χ4v) is 3.69. The Morgan fingerprint density at radius 2 is 2.04 bits per heavy atom. The molecule has 5 heteroatoms. The van der Waals surface area contributed by atoms with Gasteiger partial charge < -0.3 is 10.0 Å². The first kappa shape index (κ1) is 17.4. The molecule has 2 aliphatic rings. The summed E-state index contributed by atoms with van der Waals surface area (Å²) < 4.78 is 13.0. The number of rotatable bonds is 7. The second-order valence-electron chi connectivity index (χ2n) is 6.98. The van der Waals surface area contributed by atoms with E-state index in [9.17, 15) is 14.3 Å². The van der Waals surface area contributed by atoms with Gasteiger partial charge in [0, 0.05) is 18.6 Å². The Labute approximate surface area is 143 Å². The van der Waals surface area contributed by atoms with Crippen molar-refractivity contribution in [1.82, 2.24) is 9.80 Å². The van der Waals surface area contributed by atoms with E-state index in [4.69, 9.17) is 0 Å². The molecule has 1 amide bonds. The third kappa shape index (κ3) is 4.14. The van der Waals surface area contributed by atoms with E-state index in [1.807, 2.05) is 4.90 Å². The van der Waals surface area contributed by atoms with E-state index >= 15 is 0 Å². The highest BCUT2D eigenvalue weighted by Crippen LogP contribution is 2.29. The summed E-state index contributed by atoms with van der Waals surface area (Å²) in [6, 6.07) is 6.63. The van der Waals surface area contributed by atoms with E-state index in [1.165, 1.54) is 25.0 Å². The third-order valence-electron chi connectivity index (χ3n) is 5.26. The lowest BCUT2D eigenvalue weighted by atomic mass is 10.0. The van der Waals surface area contributed by atoms with Gasteiger partial charge in [0.2, 0.25) is 5.91 Å². The van der Waals surface area contributed by atoms with Crippen LogP contribution in [0.2, 0.25) is 0 Å². The van der Waals surface area contributed by atoms with Crippen molar-refractivity contribution in [1.29, 1.82) is 0 Å². The molecule has 0 aromatic heterocycles. The van der Waals surface area contributed by atoms with Crippen molar-refractivity contribution in [3.8, 4) is 0 Å². The molecule has 2 fully saturated rings. The standard InChI is InChI=1S/C19H27FN2O2/c1-2-21(16-9-10-16)13-19(24)22-11-3-4-17(22)12-18(23)14-5-7-15(20)8-6-14/h5-8,16-18,23H,2-4,9-13H2,1H3. The number of benzene rings is 1. The van der Waals surface area contributed by atoms with Crippen molar-refractivity contribution in [2.24, 2.45) is 0 Å². The number of carbonyl (C=O) groups is 1. The number of aliphatic hydroxyl groups excluding tert-OH is 1. The van der Waals surface area contributed by atoms with Gasteiger partial charge in [-0.2, -0.15) is 0 Å². The monoisotopic (exact) mass is 334 g/mol. The van der Waals surface area contributed by atoms with Crippen LogP contribution in [0.3, 0.4) is 0 Å². The van der Waals surface area contributed by atoms with Crippen molar-refractivity contribution in [2.45, 2.75) is 57.2 Å². The number of amides is 1. The minimum Gasteiger partial charge on any atom is -0.388 e. The predicted molar refractivity (Wildman–Crippen MR) is 91.0 cm³/mol. The molecule has 0 radical (unpaired) electrons. The van der Waals surface area contributed by atoms with Crippen LogP contribution in [0.25, 0.3) is 0 Å². The lowest BCUT2D eigenvalue weighted by Gasteiger charge is -2.29. The first-order valence-electron chi connectivity index (χ1n) is 9.05. The van der Waals surface area contributed by atoms with Crippen molar-refractivity contribution in [2.75, 3.05) is 19.6 Å². The van der Waals surface area contributed by atoms with Gasteiger partial charge >= 0.3 is 0 Å². The van der Waals surface area contributed by atoms with Gasteiger partial charge in [-0.05, 0) is 56.3 Å². The summed E-state index contributed by atoms with van der Waals surface area (Å²) in [6.45, 7) is 4.28. The Morgan fingerprint density at radius 1 is 1.33 bits per heavy atom. The van der Waals surface area contributed by atoms with Crippen LogP contribution in [0, 0.1) is 5.82 Å². The van der Waals surface area contributed by atoms with E-state index in [2.05, 4.69) is 11.8 Å². The number of carbonyl (C=O) groups excluding carboxylic acids is 1. The summed E-state index contributed by atoms with van der Waals surface area (Å²) in [5.74, 6) is -0.124. The number of likely N-dealkylation sites (tertiary alicyclic amines) is 1. The summed E-state index contributed by atoms with van der Waals surface area (Å²) in [4.78, 5) is 16.9. The highest BCUT2D eigenvalue weighted by atomic mass is 19.1. The zero-order valence-electron chi connectivity index (χ0n) is 14.3. The molecule has 1 aliphatic heterocycles. The Bertz CT molecular complexity index is 559. The van der Waals surface area contributed by atoms with Crippen LogP contribution in [-0.4, -0.2) is 52.5 Å². The highest BCUT2D eigenvalue weighted by molar-refractivity contribution is 5.79. The van der Waals surface area contributed by atoms with Gasteiger partial charge in [0.25, 0.3) is 0 Å². The summed E-state index contributed by atoms with van der Waals surface area (Å²) in [6.07, 6.45) is 4.19. The van der Waals surface area contributed by atoms with Crippen LogP contribution in [0.4, 0.5) is 4.39 Å². The van der Waals surface area contributed by atoms with E-state index < -0.39 is 6.10 Å². The molecule has 1 aliphatic carbocycles. The number of likely N-dealkylation sites (N-methyl/N-ethyl adjacent to an activating group) is 1. The summed E-state index contributed by atoms with van der Waals surface area (Å²) in [7, 11) is 0. The quantitative estimate of drug-likeness (QED) is 0.834. The fourth-order valence-electron chi connectivity index (χ4n) is 3.69. The van der Waals surface area contributed by atoms with E-state index in [0.29, 0.717) is 24.6 Å². The lowest BCUT2D eigenvalue weighted by molar-refractivity contribution is -0.133. The zero-order chi connectivity index (χ0) is 17.1. The van der Waals surface area contributed by atoms with Crippen LogP contribution in [0.5, 0.6) is 0 Å². The van der Waals surface area contributed by atoms with E-state index in [-0.39, 0.29) is 17.8 Å². The molecule has 1 N–H and O–H groups in total. The van der Waals surface area contributed by atoms with Gasteiger partial charge in [0.05, 0.1) is 12.6 Å². The molecule has 2 atom stereocenters. The molecule has 3 rings (SSSR count). The minimum atomic E-state index is -0.658. The topological polar surface area (TPSA) is 43.8 Å². The Morgan fingerprint density at radius 3 is 2.67 bits per heavy atom. The average molecular weight is 334 g/mol. The minimum absolute atomic E-state index is 0.0791. The highest BCUT2D eigenvalue weighted by Gasteiger charge is 2.34. The molecule has 4 nitrogen and oxygen atoms in total. The first-order chi connectivity index (χ1) is 11.6. The first-order valence-corrected chi connectivity index (χ1v) is 9.05. The second-order valence-corrected chi connectivity index (χ2v) is 6.98. The molecule has 24 heavy (non-hydrogen) atoms. The van der Waals surface area contributed by atoms with Gasteiger partial charge in [-0.1, -0.05) is 19.1 Å². The molecule has 1 saturated heterocycles. The molecular formula is C19H27FN2O2. The molecule has 1 saturated carbocycles. The van der Waals surface area contributed by atoms with Gasteiger partial charge in [0.15, 0.2) is 0 Å². The normalized spacial score (nSPS) is 22.2. The second kappa shape index (κ2) is 7.62. The van der Waals surface area contributed by atoms with Crippen LogP contribution in [-0.2, 0) is 4.79 Å². The molecule has 1 aromatic carbocycles. The number of aliphatic hydroxyl groups is 1. The van der Waals surface area contributed by atoms with Crippen molar-refractivity contribution in [3.63, 3.8) is 0 Å². The smallest absolute Gasteiger partial charge is 0.237 e. The Hall–Kier alpha value is -1.46. The van der Waals surface area contributed by atoms with Crippen LogP contribution in [0.1, 0.15) is 50.7 Å². The molecule has 0 spiro atoms. The lowest BCUT2D eigenvalue weighted by Crippen LogP contribution is -2.43. The van der Waals surface area contributed by atoms with Crippen LogP contribution >= 0.6 is 0 Å². The third-order valence-corrected chi connectivity index (χ3v) is 5.26. The zero-order valence-corrected chi connectivity index (χ0v) is 14.3. The SMILES string of the molecule is CCN(CC(=O)N1CCCC1CC(O)c1ccc(F)cc1)C1CC1. The summed E-state index contributed by atoms with van der Waals surface area (Å²) in [5.41, 5.74) is 0.712. The van der Waals surface area contributed by atoms with E-state index in [0.717, 1.165) is 25.9 Å². The van der Waals surface area contributed by atoms with Gasteiger partial charge in [-0.15, -0.1) is 0 Å². The maximum Gasteiger partial charge on any atom is 0.237 e. The van der Waals surface area contributed by atoms with Crippen molar-refractivity contribution in [3.05, 3.63) is 35.6 Å². The number of hydrogen-bond donors (Lipinski definition) is 1. The average Bonchev–Trinajstić information content (AvgIpc) is 3.32. The Balaban J connectivity index is 1.58. The summed E-state index contributed by atoms with van der Waals surface area (Å²) in [5, 5.41) is 10.4. The summed E-state index contributed by atoms with van der Waals surface area (Å²) >= 11 is 0. The molecule has 1 aromatic rings. The molecule has 1 heterocycles. The Kier molecular flexibility index (Phi) is 5.51. The molecule has 0 bridgehead atoms. The fraction of sp³-hybridized carbons (Fsp3) is 0.632. The van der Waals surface area contributed by atoms with Gasteiger partial charge in [-0.3, -0.25) is 9.69 Å². The van der Waals surface area contributed by atoms with Crippen LogP contribution < -0.4 is 0 Å². The van der Waals surface area contributed by atoms with Gasteiger partial charge in [0.1, 0.15) is 5.82 Å². The molecule has 132 valence electrons. The van der Waals surface area contributed by atoms with Crippen molar-refractivity contribution >= 4 is 5.91 Å². The molecule has 2 unspecified atom stereocenters. The number of nitrogens with zero attached hydrogens (tertiary/aromatic N) is 2. The van der Waals surface area contributed by atoms with E-state index in [1.54, 1.807) is 12.1 Å². The van der Waals surface area contributed by atoms with Crippen LogP contribution in [0.15, 0.2) is 24.3 Å². The predicted octanol–water partition coefficient (Wildman–Crippen LogP) is 2.72. The maximum absolute atomic E-state index is 13.0. The maximum atomic E-state index is 13.0. The number of hydrogen-bond acceptors (Lipinski definition) is 3. The van der Waals surface area contributed by atoms with Gasteiger partial charge in [-0.25, -0.2) is 4.39 Å². The largest absolute Gasteiger partial charge is 0.388 e. The number of halogens is 1. The molecular weight excluding hydrogens is 307 g/mol. The van der Waals surface area contributed by atoms with Crippen molar-refractivity contribution < 1.29 is 14.3 Å².